The van der Waals surface area contributed by atoms with E-state index in [1.165, 1.54) is 12.9 Å². The van der Waals surface area contributed by atoms with E-state index in [2.05, 4.69) is 16.7 Å². The standard InChI is InChI=1S/C13H16N2OS2.C2H4O2/c1-15-6-7-17-13(15)10-8-18-12(14-10)9-4-2-3-5-11(9)16;1-4-2-3/h2-5,10,13,16H,6-8H2,1H3;2H,1H3. The van der Waals surface area contributed by atoms with Gasteiger partial charge < -0.3 is 9.84 Å². The van der Waals surface area contributed by atoms with Crippen LogP contribution in [0.1, 0.15) is 5.56 Å². The number of nitrogens with zero attached hydrogens (tertiary/aromatic N) is 2. The molecule has 1 fully saturated rings. The lowest BCUT2D eigenvalue weighted by atomic mass is 10.2. The van der Waals surface area contributed by atoms with Crippen LogP contribution in [0.4, 0.5) is 0 Å². The molecule has 3 rings (SSSR count). The number of para-hydroxylation sites is 1. The summed E-state index contributed by atoms with van der Waals surface area (Å²) in [6, 6.07) is 7.80. The molecule has 22 heavy (non-hydrogen) atoms. The molecule has 2 unspecified atom stereocenters. The van der Waals surface area contributed by atoms with Crippen molar-refractivity contribution >= 4 is 35.0 Å². The maximum Gasteiger partial charge on any atom is 0.292 e. The summed E-state index contributed by atoms with van der Waals surface area (Å²) in [5.74, 6) is 2.55. The summed E-state index contributed by atoms with van der Waals surface area (Å²) in [6.45, 7) is 1.53. The molecule has 5 nitrogen and oxygen atoms in total. The third-order valence-electron chi connectivity index (χ3n) is 3.40. The van der Waals surface area contributed by atoms with Crippen LogP contribution in [0.5, 0.6) is 5.75 Å². The van der Waals surface area contributed by atoms with E-state index in [9.17, 15) is 5.11 Å². The highest BCUT2D eigenvalue weighted by atomic mass is 32.2. The molecule has 2 atom stereocenters. The minimum absolute atomic E-state index is 0.330. The van der Waals surface area contributed by atoms with Crippen LogP contribution in [0, 0.1) is 0 Å². The van der Waals surface area contributed by atoms with Crippen LogP contribution in [-0.2, 0) is 9.53 Å². The quantitative estimate of drug-likeness (QED) is 0.850. The highest BCUT2D eigenvalue weighted by molar-refractivity contribution is 8.14. The Bertz CT molecular complexity index is 539. The van der Waals surface area contributed by atoms with Gasteiger partial charge in [-0.2, -0.15) is 0 Å². The highest BCUT2D eigenvalue weighted by Crippen LogP contribution is 2.35. The van der Waals surface area contributed by atoms with Crippen LogP contribution in [0.3, 0.4) is 0 Å². The van der Waals surface area contributed by atoms with Crippen LogP contribution in [0.15, 0.2) is 29.3 Å². The van der Waals surface area contributed by atoms with E-state index < -0.39 is 0 Å². The minimum atomic E-state index is 0.330. The van der Waals surface area contributed by atoms with E-state index in [4.69, 9.17) is 9.79 Å². The second-order valence-electron chi connectivity index (χ2n) is 4.90. The maximum absolute atomic E-state index is 9.86. The van der Waals surface area contributed by atoms with Gasteiger partial charge in [-0.15, -0.1) is 23.5 Å². The number of benzene rings is 1. The van der Waals surface area contributed by atoms with E-state index in [1.54, 1.807) is 17.8 Å². The van der Waals surface area contributed by atoms with Crippen LogP contribution in [0.25, 0.3) is 0 Å². The molecular formula is C15H20N2O3S2. The van der Waals surface area contributed by atoms with E-state index in [0.29, 0.717) is 23.6 Å². The molecule has 1 saturated heterocycles. The summed E-state index contributed by atoms with van der Waals surface area (Å²) >= 11 is 3.75. The zero-order chi connectivity index (χ0) is 15.9. The van der Waals surface area contributed by atoms with Crippen molar-refractivity contribution in [2.75, 3.05) is 32.2 Å². The molecule has 0 amide bonds. The molecule has 7 heteroatoms. The molecule has 0 radical (unpaired) electrons. The van der Waals surface area contributed by atoms with Crippen molar-refractivity contribution in [2.45, 2.75) is 11.4 Å². The second kappa shape index (κ2) is 8.45. The first-order chi connectivity index (χ1) is 10.7. The Balaban J connectivity index is 0.000000396. The van der Waals surface area contributed by atoms with E-state index in [0.717, 1.165) is 22.9 Å². The van der Waals surface area contributed by atoms with Gasteiger partial charge in [0.05, 0.1) is 18.5 Å². The molecule has 0 aliphatic carbocycles. The number of aliphatic imine (C=N–C) groups is 1. The van der Waals surface area contributed by atoms with Gasteiger partial charge in [0.1, 0.15) is 10.8 Å². The first-order valence-electron chi connectivity index (χ1n) is 6.94. The number of hydrogen-bond acceptors (Lipinski definition) is 7. The summed E-state index contributed by atoms with van der Waals surface area (Å²) in [7, 11) is 3.48. The third kappa shape index (κ3) is 4.18. The van der Waals surface area contributed by atoms with Gasteiger partial charge in [-0.25, -0.2) is 0 Å². The topological polar surface area (TPSA) is 62.1 Å². The molecule has 1 N–H and O–H groups in total. The molecule has 0 saturated carbocycles. The number of likely N-dealkylation sites (N-methyl/N-ethyl adjacent to an activating group) is 1. The molecule has 0 aromatic heterocycles. The second-order valence-corrected chi connectivity index (χ2v) is 7.14. The van der Waals surface area contributed by atoms with Crippen molar-refractivity contribution in [1.29, 1.82) is 0 Å². The predicted molar refractivity (Wildman–Crippen MR) is 92.8 cm³/mol. The van der Waals surface area contributed by atoms with Crippen molar-refractivity contribution in [2.24, 2.45) is 4.99 Å². The zero-order valence-corrected chi connectivity index (χ0v) is 14.3. The number of carbonyl (C=O) groups excluding carboxylic acids is 1. The van der Waals surface area contributed by atoms with Crippen LogP contribution in [-0.4, -0.2) is 65.1 Å². The van der Waals surface area contributed by atoms with Gasteiger partial charge in [-0.05, 0) is 19.2 Å². The van der Waals surface area contributed by atoms with Crippen molar-refractivity contribution in [3.63, 3.8) is 0 Å². The summed E-state index contributed by atoms with van der Waals surface area (Å²) in [4.78, 5) is 16.1. The van der Waals surface area contributed by atoms with Gasteiger partial charge in [0.2, 0.25) is 0 Å². The first kappa shape index (κ1) is 17.2. The first-order valence-corrected chi connectivity index (χ1v) is 8.98. The normalized spacial score (nSPS) is 24.4. The summed E-state index contributed by atoms with van der Waals surface area (Å²) < 4.78 is 3.86. The summed E-state index contributed by atoms with van der Waals surface area (Å²) in [6.07, 6.45) is 0. The molecule has 0 bridgehead atoms. The van der Waals surface area contributed by atoms with E-state index in [1.807, 2.05) is 30.0 Å². The fraction of sp³-hybridized carbons (Fsp3) is 0.467. The Morgan fingerprint density at radius 1 is 1.45 bits per heavy atom. The number of phenolic OH excluding ortho intramolecular Hbond substituents is 1. The highest BCUT2D eigenvalue weighted by Gasteiger charge is 2.33. The number of hydrogen-bond donors (Lipinski definition) is 1. The van der Waals surface area contributed by atoms with Gasteiger partial charge in [-0.1, -0.05) is 12.1 Å². The van der Waals surface area contributed by atoms with E-state index >= 15 is 0 Å². The summed E-state index contributed by atoms with van der Waals surface area (Å²) in [5, 5.41) is 11.4. The number of aromatic hydroxyl groups is 1. The minimum Gasteiger partial charge on any atom is -0.507 e. The maximum atomic E-state index is 9.86. The number of ether oxygens (including phenoxy) is 1. The number of carbonyl (C=O) groups is 1. The number of rotatable bonds is 3. The molecule has 2 heterocycles. The Morgan fingerprint density at radius 2 is 2.18 bits per heavy atom. The Labute approximate surface area is 139 Å². The fourth-order valence-corrected chi connectivity index (χ4v) is 4.93. The van der Waals surface area contributed by atoms with Crippen molar-refractivity contribution in [3.8, 4) is 5.75 Å². The molecule has 120 valence electrons. The Morgan fingerprint density at radius 3 is 2.77 bits per heavy atom. The lowest BCUT2D eigenvalue weighted by Gasteiger charge is -2.21. The third-order valence-corrected chi connectivity index (χ3v) is 5.94. The van der Waals surface area contributed by atoms with Crippen molar-refractivity contribution < 1.29 is 14.6 Å². The molecular weight excluding hydrogens is 320 g/mol. The molecule has 2 aliphatic heterocycles. The van der Waals surface area contributed by atoms with Crippen molar-refractivity contribution in [1.82, 2.24) is 4.90 Å². The smallest absolute Gasteiger partial charge is 0.292 e. The van der Waals surface area contributed by atoms with Crippen molar-refractivity contribution in [3.05, 3.63) is 29.8 Å². The van der Waals surface area contributed by atoms with Gasteiger partial charge >= 0.3 is 0 Å². The molecule has 0 spiro atoms. The monoisotopic (exact) mass is 340 g/mol. The molecule has 2 aliphatic rings. The number of methoxy groups -OCH3 is 1. The lowest BCUT2D eigenvalue weighted by molar-refractivity contribution is -0.126. The van der Waals surface area contributed by atoms with E-state index in [-0.39, 0.29) is 0 Å². The van der Waals surface area contributed by atoms with Gasteiger partial charge in [0.15, 0.2) is 0 Å². The predicted octanol–water partition coefficient (Wildman–Crippen LogP) is 2.05. The SMILES string of the molecule is CN1CCSC1C1CSC(c2ccccc2O)=N1.COC=O. The average molecular weight is 340 g/mol. The zero-order valence-electron chi connectivity index (χ0n) is 12.6. The van der Waals surface area contributed by atoms with Gasteiger partial charge in [-0.3, -0.25) is 14.7 Å². The Kier molecular flexibility index (Phi) is 6.60. The van der Waals surface area contributed by atoms with Crippen LogP contribution >= 0.6 is 23.5 Å². The lowest BCUT2D eigenvalue weighted by Crippen LogP contribution is -2.33. The fourth-order valence-electron chi connectivity index (χ4n) is 2.31. The molecule has 1 aromatic carbocycles. The largest absolute Gasteiger partial charge is 0.507 e. The number of phenols is 1. The van der Waals surface area contributed by atoms with Gasteiger partial charge in [0.25, 0.3) is 6.47 Å². The van der Waals surface area contributed by atoms with Gasteiger partial charge in [0, 0.05) is 23.6 Å². The molecule has 1 aromatic rings. The van der Waals surface area contributed by atoms with Crippen LogP contribution < -0.4 is 0 Å². The van der Waals surface area contributed by atoms with Crippen LogP contribution in [0.2, 0.25) is 0 Å². The number of thioether (sulfide) groups is 2. The average Bonchev–Trinajstić information content (AvgIpc) is 3.16. The summed E-state index contributed by atoms with van der Waals surface area (Å²) in [5.41, 5.74) is 0.871. The Hall–Kier alpha value is -1.18.